The molecule has 0 nitrogen and oxygen atoms in total. The van der Waals surface area contributed by atoms with Crippen molar-refractivity contribution < 1.29 is 0 Å². The van der Waals surface area contributed by atoms with Gasteiger partial charge in [-0.3, -0.25) is 0 Å². The molecule has 0 heterocycles. The fourth-order valence-electron chi connectivity index (χ4n) is 8.49. The zero-order chi connectivity index (χ0) is 25.8. The zero-order valence-corrected chi connectivity index (χ0v) is 23.6. The normalized spacial score (nSPS) is 37.8. The van der Waals surface area contributed by atoms with Crippen molar-refractivity contribution in [2.24, 2.45) is 53.3 Å². The predicted octanol–water partition coefficient (Wildman–Crippen LogP) is 9.91. The topological polar surface area (TPSA) is 0 Å². The lowest BCUT2D eigenvalue weighted by atomic mass is 9.51. The van der Waals surface area contributed by atoms with Crippen LogP contribution in [0.25, 0.3) is 0 Å². The maximum Gasteiger partial charge on any atom is 0.00824 e. The van der Waals surface area contributed by atoms with Gasteiger partial charge < -0.3 is 0 Å². The Hall–Kier alpha value is -1.82. The summed E-state index contributed by atoms with van der Waals surface area (Å²) in [5.74, 6) is 5.28. The third-order valence-corrected chi connectivity index (χ3v) is 10.2. The Kier molecular flexibility index (Phi) is 7.62. The van der Waals surface area contributed by atoms with E-state index >= 15 is 0 Å². The van der Waals surface area contributed by atoms with Crippen molar-refractivity contribution in [2.45, 2.75) is 75.2 Å². The molecule has 4 aliphatic rings. The summed E-state index contributed by atoms with van der Waals surface area (Å²) in [5, 5.41) is 0. The molecule has 0 spiro atoms. The molecule has 0 bridgehead atoms. The number of hydrogen-bond donors (Lipinski definition) is 0. The zero-order valence-electron chi connectivity index (χ0n) is 23.6. The van der Waals surface area contributed by atoms with E-state index in [1.807, 2.05) is 0 Å². The van der Waals surface area contributed by atoms with Gasteiger partial charge in [0.25, 0.3) is 0 Å². The highest BCUT2D eigenvalue weighted by molar-refractivity contribution is 5.51. The molecule has 0 heteroatoms. The molecule has 0 radical (unpaired) electrons. The second kappa shape index (κ2) is 9.67. The van der Waals surface area contributed by atoms with Gasteiger partial charge in [-0.05, 0) is 121 Å². The molecule has 4 aliphatic carbocycles. The molecule has 0 aromatic rings. The van der Waals surface area contributed by atoms with Gasteiger partial charge in [0, 0.05) is 5.92 Å². The molecular weight excluding hydrogens is 408 g/mol. The summed E-state index contributed by atoms with van der Waals surface area (Å²) < 4.78 is 0. The SMILES string of the molecule is C=C1C(=C)C2C(C)C(C)C3C(=C)C(=C)C4C(C)C(=C)C1C2C43.CCC(=C(C)C)C(CC)=C(C)C. The minimum Gasteiger partial charge on any atom is -0.0989 e. The lowest BCUT2D eigenvalue weighted by Gasteiger charge is -2.52. The first-order valence-corrected chi connectivity index (χ1v) is 13.6. The third-order valence-electron chi connectivity index (χ3n) is 10.2. The van der Waals surface area contributed by atoms with Crippen molar-refractivity contribution in [3.63, 3.8) is 0 Å². The summed E-state index contributed by atoms with van der Waals surface area (Å²) in [7, 11) is 0. The van der Waals surface area contributed by atoms with Crippen molar-refractivity contribution >= 4 is 0 Å². The van der Waals surface area contributed by atoms with Crippen LogP contribution in [0.2, 0.25) is 0 Å². The van der Waals surface area contributed by atoms with E-state index in [9.17, 15) is 0 Å². The molecule has 0 aromatic carbocycles. The first-order chi connectivity index (χ1) is 15.8. The Morgan fingerprint density at radius 2 is 0.971 bits per heavy atom. The van der Waals surface area contributed by atoms with Gasteiger partial charge >= 0.3 is 0 Å². The molecule has 0 saturated heterocycles. The van der Waals surface area contributed by atoms with Crippen molar-refractivity contribution in [2.75, 3.05) is 0 Å². The molecule has 34 heavy (non-hydrogen) atoms. The Morgan fingerprint density at radius 1 is 0.588 bits per heavy atom. The van der Waals surface area contributed by atoms with Crippen LogP contribution in [0.4, 0.5) is 0 Å². The van der Waals surface area contributed by atoms with Crippen LogP contribution >= 0.6 is 0 Å². The molecule has 0 amide bonds. The van der Waals surface area contributed by atoms with Crippen molar-refractivity contribution in [1.29, 1.82) is 0 Å². The van der Waals surface area contributed by atoms with Crippen molar-refractivity contribution in [3.8, 4) is 0 Å². The summed E-state index contributed by atoms with van der Waals surface area (Å²) in [5.41, 5.74) is 12.6. The van der Waals surface area contributed by atoms with Crippen LogP contribution in [-0.2, 0) is 0 Å². The van der Waals surface area contributed by atoms with Crippen molar-refractivity contribution in [1.82, 2.24) is 0 Å². The summed E-state index contributed by atoms with van der Waals surface area (Å²) >= 11 is 0. The Morgan fingerprint density at radius 3 is 1.38 bits per heavy atom. The van der Waals surface area contributed by atoms with Crippen LogP contribution in [0.15, 0.2) is 83.1 Å². The van der Waals surface area contributed by atoms with E-state index in [0.29, 0.717) is 53.3 Å². The fourth-order valence-corrected chi connectivity index (χ4v) is 8.49. The molecule has 4 rings (SSSR count). The second-order valence-corrected chi connectivity index (χ2v) is 12.1. The maximum absolute atomic E-state index is 4.50. The van der Waals surface area contributed by atoms with Gasteiger partial charge in [0.1, 0.15) is 0 Å². The molecule has 4 saturated carbocycles. The standard InChI is InChI=1S/C22H28.C12H22/c1-9-10(2)18-15(7)16(8)20-12(4)11(3)19-14(6)13(5)17(9)21(18)22(19)20;1-7-11(9(3)4)12(8-2)10(5)6/h14-22H,1-5H2,6-8H3;7-8H2,1-6H3. The highest BCUT2D eigenvalue weighted by atomic mass is 14.7. The smallest absolute Gasteiger partial charge is 0.00824 e. The first-order valence-electron chi connectivity index (χ1n) is 13.6. The van der Waals surface area contributed by atoms with Crippen LogP contribution in [-0.4, -0.2) is 0 Å². The fraction of sp³-hybridized carbons (Fsp3) is 0.588. The van der Waals surface area contributed by atoms with E-state index in [0.717, 1.165) is 12.8 Å². The van der Waals surface area contributed by atoms with Gasteiger partial charge in [0.2, 0.25) is 0 Å². The Balaban J connectivity index is 0.000000232. The van der Waals surface area contributed by atoms with E-state index < -0.39 is 0 Å². The van der Waals surface area contributed by atoms with Gasteiger partial charge in [-0.1, -0.05) is 84.2 Å². The monoisotopic (exact) mass is 458 g/mol. The molecule has 186 valence electrons. The first kappa shape index (κ1) is 26.8. The lowest BCUT2D eigenvalue weighted by molar-refractivity contribution is -0.00464. The Bertz CT molecular complexity index is 957. The van der Waals surface area contributed by atoms with Gasteiger partial charge in [-0.25, -0.2) is 0 Å². The molecule has 9 unspecified atom stereocenters. The number of allylic oxidation sites excluding steroid dienone is 9. The maximum atomic E-state index is 4.50. The quantitative estimate of drug-likeness (QED) is 0.291. The van der Waals surface area contributed by atoms with Gasteiger partial charge in [0.05, 0.1) is 0 Å². The van der Waals surface area contributed by atoms with E-state index in [4.69, 9.17) is 0 Å². The van der Waals surface area contributed by atoms with Crippen LogP contribution in [0, 0.1) is 53.3 Å². The van der Waals surface area contributed by atoms with Gasteiger partial charge in [0.15, 0.2) is 0 Å². The molecule has 0 aromatic heterocycles. The van der Waals surface area contributed by atoms with Crippen LogP contribution in [0.5, 0.6) is 0 Å². The third kappa shape index (κ3) is 3.81. The Labute approximate surface area is 211 Å². The van der Waals surface area contributed by atoms with Gasteiger partial charge in [-0.2, -0.15) is 0 Å². The highest BCUT2D eigenvalue weighted by Crippen LogP contribution is 2.71. The molecular formula is C34H50. The summed E-state index contributed by atoms with van der Waals surface area (Å²) in [6, 6.07) is 0. The van der Waals surface area contributed by atoms with E-state index in [1.54, 1.807) is 11.1 Å². The average Bonchev–Trinajstić information content (AvgIpc) is 3.19. The average molecular weight is 459 g/mol. The van der Waals surface area contributed by atoms with E-state index in [-0.39, 0.29) is 0 Å². The number of rotatable bonds is 3. The van der Waals surface area contributed by atoms with Crippen LogP contribution in [0.1, 0.15) is 75.2 Å². The van der Waals surface area contributed by atoms with E-state index in [2.05, 4.69) is 95.2 Å². The largest absolute Gasteiger partial charge is 0.0989 e. The molecule has 0 aliphatic heterocycles. The van der Waals surface area contributed by atoms with Crippen molar-refractivity contribution in [3.05, 3.63) is 83.1 Å². The summed E-state index contributed by atoms with van der Waals surface area (Å²) in [6.07, 6.45) is 2.33. The molecule has 0 N–H and O–H groups in total. The van der Waals surface area contributed by atoms with E-state index in [1.165, 1.54) is 39.0 Å². The molecule has 9 atom stereocenters. The highest BCUT2D eigenvalue weighted by Gasteiger charge is 2.64. The summed E-state index contributed by atoms with van der Waals surface area (Å²) in [4.78, 5) is 0. The minimum absolute atomic E-state index is 0.449. The van der Waals surface area contributed by atoms with Crippen LogP contribution < -0.4 is 0 Å². The minimum atomic E-state index is 0.449. The number of hydrogen-bond acceptors (Lipinski definition) is 0. The summed E-state index contributed by atoms with van der Waals surface area (Å²) in [6.45, 7) is 42.8. The predicted molar refractivity (Wildman–Crippen MR) is 151 cm³/mol. The molecule has 4 fully saturated rings. The van der Waals surface area contributed by atoms with Gasteiger partial charge in [-0.15, -0.1) is 0 Å². The van der Waals surface area contributed by atoms with Crippen LogP contribution in [0.3, 0.4) is 0 Å². The second-order valence-electron chi connectivity index (χ2n) is 12.1. The lowest BCUT2D eigenvalue weighted by Crippen LogP contribution is -2.48.